The van der Waals surface area contributed by atoms with Crippen LogP contribution >= 0.6 is 0 Å². The molecule has 0 aliphatic heterocycles. The molecule has 2 amide bonds. The standard InChI is InChI=1S/C19H21N7O8/c1-31-13-6-11(7-14(32-2)16(13)33-3)17(27)20-4-5-21-18(28)19-23-15(24-34-19)10-25-9-12(8-22-25)26(29)30/h6-9H,4-5,10H2,1-3H3,(H,20,27)(H,21,28). The lowest BCUT2D eigenvalue weighted by atomic mass is 10.1. The Bertz CT molecular complexity index is 1160. The van der Waals surface area contributed by atoms with Crippen LogP contribution < -0.4 is 24.8 Å². The lowest BCUT2D eigenvalue weighted by molar-refractivity contribution is -0.385. The number of rotatable bonds is 11. The summed E-state index contributed by atoms with van der Waals surface area (Å²) in [6.45, 7) is 0.173. The summed E-state index contributed by atoms with van der Waals surface area (Å²) < 4.78 is 21.8. The number of amides is 2. The third kappa shape index (κ3) is 5.56. The predicted molar refractivity (Wildman–Crippen MR) is 113 cm³/mol. The molecule has 34 heavy (non-hydrogen) atoms. The number of carbonyl (C=O) groups excluding carboxylic acids is 2. The molecule has 0 aliphatic rings. The smallest absolute Gasteiger partial charge is 0.316 e. The Labute approximate surface area is 192 Å². The van der Waals surface area contributed by atoms with Crippen molar-refractivity contribution < 1.29 is 33.2 Å². The maximum atomic E-state index is 12.4. The van der Waals surface area contributed by atoms with Gasteiger partial charge in [-0.2, -0.15) is 10.1 Å². The van der Waals surface area contributed by atoms with E-state index in [2.05, 4.69) is 25.9 Å². The van der Waals surface area contributed by atoms with Gasteiger partial charge in [0, 0.05) is 18.7 Å². The predicted octanol–water partition coefficient (Wildman–Crippen LogP) is 0.408. The van der Waals surface area contributed by atoms with E-state index in [0.717, 1.165) is 6.20 Å². The molecule has 1 aromatic carbocycles. The van der Waals surface area contributed by atoms with Crippen LogP contribution in [0.1, 0.15) is 26.9 Å². The minimum Gasteiger partial charge on any atom is -0.493 e. The van der Waals surface area contributed by atoms with Crippen molar-refractivity contribution in [3.63, 3.8) is 0 Å². The summed E-state index contributed by atoms with van der Waals surface area (Å²) in [4.78, 5) is 38.7. The first kappa shape index (κ1) is 24.0. The van der Waals surface area contributed by atoms with Crippen LogP contribution in [0.3, 0.4) is 0 Å². The number of carbonyl (C=O) groups is 2. The maximum absolute atomic E-state index is 12.4. The number of hydrogen-bond acceptors (Lipinski definition) is 11. The molecule has 3 aromatic rings. The minimum atomic E-state index is -0.646. The summed E-state index contributed by atoms with van der Waals surface area (Å²) in [5.41, 5.74) is 0.0938. The number of aromatic nitrogens is 4. The number of benzene rings is 1. The van der Waals surface area contributed by atoms with E-state index >= 15 is 0 Å². The average Bonchev–Trinajstić information content (AvgIpc) is 3.50. The Morgan fingerprint density at radius 2 is 1.74 bits per heavy atom. The summed E-state index contributed by atoms with van der Waals surface area (Å²) in [6, 6.07) is 3.01. The first-order valence-electron chi connectivity index (χ1n) is 9.72. The molecule has 0 spiro atoms. The summed E-state index contributed by atoms with van der Waals surface area (Å²) in [5, 5.41) is 23.3. The molecule has 0 atom stereocenters. The molecule has 0 unspecified atom stereocenters. The molecule has 0 bridgehead atoms. The van der Waals surface area contributed by atoms with Crippen molar-refractivity contribution in [3.05, 3.63) is 51.9 Å². The highest BCUT2D eigenvalue weighted by molar-refractivity contribution is 5.95. The number of nitro groups is 1. The monoisotopic (exact) mass is 475 g/mol. The van der Waals surface area contributed by atoms with Crippen molar-refractivity contribution in [2.24, 2.45) is 0 Å². The molecule has 0 fully saturated rings. The molecule has 180 valence electrons. The van der Waals surface area contributed by atoms with Crippen LogP contribution in [0.15, 0.2) is 29.0 Å². The van der Waals surface area contributed by atoms with Gasteiger partial charge in [0.2, 0.25) is 5.75 Å². The van der Waals surface area contributed by atoms with E-state index in [4.69, 9.17) is 18.7 Å². The fourth-order valence-electron chi connectivity index (χ4n) is 2.83. The Balaban J connectivity index is 1.50. The summed E-state index contributed by atoms with van der Waals surface area (Å²) in [7, 11) is 4.34. The van der Waals surface area contributed by atoms with Crippen molar-refractivity contribution in [1.29, 1.82) is 0 Å². The molecule has 2 aromatic heterocycles. The molecular weight excluding hydrogens is 454 g/mol. The highest BCUT2D eigenvalue weighted by Crippen LogP contribution is 2.38. The number of methoxy groups -OCH3 is 3. The minimum absolute atomic E-state index is 0.0184. The third-order valence-electron chi connectivity index (χ3n) is 4.42. The molecule has 2 heterocycles. The number of nitrogens with one attached hydrogen (secondary N) is 2. The number of nitrogens with zero attached hydrogens (tertiary/aromatic N) is 5. The van der Waals surface area contributed by atoms with E-state index in [9.17, 15) is 19.7 Å². The van der Waals surface area contributed by atoms with Crippen LogP contribution in [-0.2, 0) is 6.54 Å². The largest absolute Gasteiger partial charge is 0.493 e. The van der Waals surface area contributed by atoms with Crippen LogP contribution in [0.5, 0.6) is 17.2 Å². The van der Waals surface area contributed by atoms with E-state index in [1.807, 2.05) is 0 Å². The van der Waals surface area contributed by atoms with E-state index in [0.29, 0.717) is 17.2 Å². The van der Waals surface area contributed by atoms with Crippen LogP contribution in [0, 0.1) is 10.1 Å². The fourth-order valence-corrected chi connectivity index (χ4v) is 2.83. The molecular formula is C19H21N7O8. The van der Waals surface area contributed by atoms with E-state index in [-0.39, 0.29) is 42.6 Å². The average molecular weight is 475 g/mol. The van der Waals surface area contributed by atoms with Gasteiger partial charge in [-0.05, 0) is 12.1 Å². The molecule has 15 heteroatoms. The van der Waals surface area contributed by atoms with Gasteiger partial charge in [-0.1, -0.05) is 5.16 Å². The molecule has 0 radical (unpaired) electrons. The van der Waals surface area contributed by atoms with Crippen LogP contribution in [-0.4, -0.2) is 71.1 Å². The Morgan fingerprint density at radius 3 is 2.29 bits per heavy atom. The van der Waals surface area contributed by atoms with Gasteiger partial charge in [-0.15, -0.1) is 0 Å². The van der Waals surface area contributed by atoms with Gasteiger partial charge in [0.25, 0.3) is 5.91 Å². The summed E-state index contributed by atoms with van der Waals surface area (Å²) in [6.07, 6.45) is 2.28. The zero-order valence-electron chi connectivity index (χ0n) is 18.4. The van der Waals surface area contributed by atoms with Gasteiger partial charge in [0.1, 0.15) is 18.9 Å². The zero-order chi connectivity index (χ0) is 24.7. The summed E-state index contributed by atoms with van der Waals surface area (Å²) >= 11 is 0. The second-order valence-electron chi connectivity index (χ2n) is 6.59. The first-order valence-corrected chi connectivity index (χ1v) is 9.72. The molecule has 0 saturated heterocycles. The first-order chi connectivity index (χ1) is 16.4. The van der Waals surface area contributed by atoms with Gasteiger partial charge in [0.15, 0.2) is 17.3 Å². The SMILES string of the molecule is COc1cc(C(=O)NCCNC(=O)c2nc(Cn3cc([N+](=O)[O-])cn3)no2)cc(OC)c1OC. The topological polar surface area (TPSA) is 186 Å². The lowest BCUT2D eigenvalue weighted by Gasteiger charge is -2.14. The molecule has 15 nitrogen and oxygen atoms in total. The van der Waals surface area contributed by atoms with Crippen molar-refractivity contribution in [1.82, 2.24) is 30.6 Å². The molecule has 2 N–H and O–H groups in total. The van der Waals surface area contributed by atoms with E-state index in [1.54, 1.807) is 0 Å². The van der Waals surface area contributed by atoms with E-state index < -0.39 is 16.7 Å². The highest BCUT2D eigenvalue weighted by atomic mass is 16.6. The Morgan fingerprint density at radius 1 is 1.09 bits per heavy atom. The Hall–Kier alpha value is -4.69. The van der Waals surface area contributed by atoms with Crippen molar-refractivity contribution in [2.75, 3.05) is 34.4 Å². The van der Waals surface area contributed by atoms with E-state index in [1.165, 1.54) is 44.3 Å². The second kappa shape index (κ2) is 10.8. The van der Waals surface area contributed by atoms with Gasteiger partial charge < -0.3 is 29.4 Å². The maximum Gasteiger partial charge on any atom is 0.316 e. The van der Waals surface area contributed by atoms with Gasteiger partial charge in [-0.25, -0.2) is 0 Å². The Kier molecular flexibility index (Phi) is 7.58. The van der Waals surface area contributed by atoms with Gasteiger partial charge >= 0.3 is 17.5 Å². The molecule has 0 saturated carbocycles. The fraction of sp³-hybridized carbons (Fsp3) is 0.316. The number of hydrogen-bond donors (Lipinski definition) is 2. The van der Waals surface area contributed by atoms with Crippen LogP contribution in [0.4, 0.5) is 5.69 Å². The number of ether oxygens (including phenoxy) is 3. The lowest BCUT2D eigenvalue weighted by Crippen LogP contribution is -2.34. The highest BCUT2D eigenvalue weighted by Gasteiger charge is 2.18. The normalized spacial score (nSPS) is 10.4. The summed E-state index contributed by atoms with van der Waals surface area (Å²) in [5.74, 6) is -0.228. The molecule has 0 aliphatic carbocycles. The zero-order valence-corrected chi connectivity index (χ0v) is 18.4. The van der Waals surface area contributed by atoms with Gasteiger partial charge in [0.05, 0.1) is 26.3 Å². The van der Waals surface area contributed by atoms with Crippen molar-refractivity contribution >= 4 is 17.5 Å². The van der Waals surface area contributed by atoms with Crippen LogP contribution in [0.25, 0.3) is 0 Å². The molecule has 3 rings (SSSR count). The van der Waals surface area contributed by atoms with Crippen molar-refractivity contribution in [2.45, 2.75) is 6.54 Å². The third-order valence-corrected chi connectivity index (χ3v) is 4.42. The van der Waals surface area contributed by atoms with Crippen molar-refractivity contribution in [3.8, 4) is 17.2 Å². The second-order valence-corrected chi connectivity index (χ2v) is 6.59. The quantitative estimate of drug-likeness (QED) is 0.222. The van der Waals surface area contributed by atoms with Crippen LogP contribution in [0.2, 0.25) is 0 Å². The van der Waals surface area contributed by atoms with Gasteiger partial charge in [-0.3, -0.25) is 24.4 Å².